The van der Waals surface area contributed by atoms with Gasteiger partial charge in [0.25, 0.3) is 0 Å². The van der Waals surface area contributed by atoms with Crippen molar-refractivity contribution >= 4 is 22.9 Å². The van der Waals surface area contributed by atoms with Crippen LogP contribution in [-0.4, -0.2) is 27.8 Å². The van der Waals surface area contributed by atoms with E-state index in [4.69, 9.17) is 4.74 Å². The summed E-state index contributed by atoms with van der Waals surface area (Å²) in [7, 11) is 1.56. The molecule has 7 nitrogen and oxygen atoms in total. The van der Waals surface area contributed by atoms with Crippen LogP contribution in [0.4, 0.5) is 0 Å². The number of hydrogen-bond donors (Lipinski definition) is 2. The van der Waals surface area contributed by atoms with Gasteiger partial charge < -0.3 is 14.7 Å². The minimum absolute atomic E-state index is 0.0783. The fourth-order valence-electron chi connectivity index (χ4n) is 2.38. The van der Waals surface area contributed by atoms with Crippen molar-refractivity contribution in [3.05, 3.63) is 74.4 Å². The Kier molecular flexibility index (Phi) is 4.56. The second-order valence-corrected chi connectivity index (χ2v) is 5.35. The molecule has 0 atom stereocenters. The molecule has 0 unspecified atom stereocenters. The molecule has 0 saturated carbocycles. The van der Waals surface area contributed by atoms with Gasteiger partial charge in [0.15, 0.2) is 5.78 Å². The van der Waals surface area contributed by atoms with Crippen LogP contribution in [0.1, 0.15) is 11.3 Å². The number of H-pyrrole nitrogens is 2. The van der Waals surface area contributed by atoms with Crippen molar-refractivity contribution in [2.24, 2.45) is 0 Å². The van der Waals surface area contributed by atoms with E-state index in [0.717, 1.165) is 16.8 Å². The van der Waals surface area contributed by atoms with Crippen molar-refractivity contribution in [1.82, 2.24) is 15.0 Å². The van der Waals surface area contributed by atoms with Crippen molar-refractivity contribution in [2.45, 2.75) is 6.42 Å². The van der Waals surface area contributed by atoms with Crippen LogP contribution in [0.15, 0.2) is 52.1 Å². The van der Waals surface area contributed by atoms with Gasteiger partial charge in [-0.05, 0) is 29.8 Å². The van der Waals surface area contributed by atoms with E-state index in [2.05, 4.69) is 15.0 Å². The molecule has 3 heterocycles. The van der Waals surface area contributed by atoms with Crippen molar-refractivity contribution in [1.29, 1.82) is 0 Å². The van der Waals surface area contributed by atoms with E-state index in [1.54, 1.807) is 37.5 Å². The number of carbonyl (C=O) groups excluding carboxylic acids is 1. The van der Waals surface area contributed by atoms with Gasteiger partial charge in [0.1, 0.15) is 0 Å². The lowest BCUT2D eigenvalue weighted by Gasteiger charge is -2.07. The van der Waals surface area contributed by atoms with Crippen LogP contribution in [0.25, 0.3) is 17.1 Å². The average Bonchev–Trinajstić information content (AvgIpc) is 2.62. The SMILES string of the molecule is COc1ccc2[nH]c(=O)ccc2n1.O=C1C=Cc2[nH]c(=O)ccc2C1. The Balaban J connectivity index is 0.000000146. The maximum Gasteiger partial charge on any atom is 0.248 e. The van der Waals surface area contributed by atoms with Crippen LogP contribution >= 0.6 is 0 Å². The molecule has 25 heavy (non-hydrogen) atoms. The predicted molar refractivity (Wildman–Crippen MR) is 93.7 cm³/mol. The van der Waals surface area contributed by atoms with E-state index in [1.807, 2.05) is 0 Å². The lowest BCUT2D eigenvalue weighted by Crippen LogP contribution is -2.12. The fourth-order valence-corrected chi connectivity index (χ4v) is 2.38. The topological polar surface area (TPSA) is 105 Å². The third-order valence-corrected chi connectivity index (χ3v) is 3.60. The van der Waals surface area contributed by atoms with Crippen molar-refractivity contribution in [2.75, 3.05) is 7.11 Å². The molecule has 4 rings (SSSR count). The van der Waals surface area contributed by atoms with Gasteiger partial charge in [-0.1, -0.05) is 6.07 Å². The summed E-state index contributed by atoms with van der Waals surface area (Å²) in [5.74, 6) is 0.620. The normalized spacial score (nSPS) is 12.3. The Labute approximate surface area is 142 Å². The van der Waals surface area contributed by atoms with E-state index < -0.39 is 0 Å². The molecule has 3 aromatic rings. The van der Waals surface area contributed by atoms with Crippen LogP contribution in [-0.2, 0) is 11.2 Å². The van der Waals surface area contributed by atoms with Gasteiger partial charge in [-0.2, -0.15) is 0 Å². The maximum atomic E-state index is 10.9. The average molecular weight is 337 g/mol. The van der Waals surface area contributed by atoms with Crippen molar-refractivity contribution < 1.29 is 9.53 Å². The number of rotatable bonds is 1. The van der Waals surface area contributed by atoms with Crippen LogP contribution in [0.5, 0.6) is 5.88 Å². The Morgan fingerprint density at radius 3 is 2.48 bits per heavy atom. The molecule has 0 amide bonds. The number of fused-ring (bicyclic) bond motifs is 2. The van der Waals surface area contributed by atoms with Gasteiger partial charge in [-0.15, -0.1) is 0 Å². The summed E-state index contributed by atoms with van der Waals surface area (Å²) in [5.41, 5.74) is 2.82. The monoisotopic (exact) mass is 337 g/mol. The van der Waals surface area contributed by atoms with E-state index in [9.17, 15) is 14.4 Å². The van der Waals surface area contributed by atoms with Gasteiger partial charge in [0, 0.05) is 30.3 Å². The summed E-state index contributed by atoms with van der Waals surface area (Å²) in [4.78, 5) is 42.2. The zero-order valence-electron chi connectivity index (χ0n) is 13.4. The van der Waals surface area contributed by atoms with Gasteiger partial charge in [-0.3, -0.25) is 14.4 Å². The number of ether oxygens (including phenoxy) is 1. The summed E-state index contributed by atoms with van der Waals surface area (Å²) >= 11 is 0. The first-order chi connectivity index (χ1) is 12.0. The third kappa shape index (κ3) is 3.89. The highest BCUT2D eigenvalue weighted by atomic mass is 16.5. The standard InChI is InChI=1S/C9H8N2O2.C9H7NO2/c1-13-9-5-3-6-7(11-9)2-4-8(12)10-6;11-7-2-3-8-6(5-7)1-4-9(12)10-8/h2-5H,1H3,(H,10,12);1-4H,5H2,(H,10,12). The molecule has 2 N–H and O–H groups in total. The second kappa shape index (κ2) is 6.96. The number of ketones is 1. The number of methoxy groups -OCH3 is 1. The highest BCUT2D eigenvalue weighted by Gasteiger charge is 2.09. The first kappa shape index (κ1) is 16.4. The molecular weight excluding hydrogens is 322 g/mol. The summed E-state index contributed by atoms with van der Waals surface area (Å²) in [6, 6.07) is 9.70. The highest BCUT2D eigenvalue weighted by molar-refractivity contribution is 5.97. The molecule has 0 radical (unpaired) electrons. The number of aromatic nitrogens is 3. The zero-order valence-corrected chi connectivity index (χ0v) is 13.4. The van der Waals surface area contributed by atoms with Crippen LogP contribution in [0.2, 0.25) is 0 Å². The molecule has 3 aromatic heterocycles. The molecule has 0 bridgehead atoms. The fraction of sp³-hybridized carbons (Fsp3) is 0.111. The van der Waals surface area contributed by atoms with E-state index in [-0.39, 0.29) is 16.9 Å². The van der Waals surface area contributed by atoms with Gasteiger partial charge in [0.2, 0.25) is 17.0 Å². The number of allylic oxidation sites excluding steroid dienone is 1. The lowest BCUT2D eigenvalue weighted by molar-refractivity contribution is -0.114. The molecular formula is C18H15N3O4. The highest BCUT2D eigenvalue weighted by Crippen LogP contribution is 2.12. The summed E-state index contributed by atoms with van der Waals surface area (Å²) in [6.07, 6.45) is 3.52. The molecule has 7 heteroatoms. The molecule has 0 spiro atoms. The Hall–Kier alpha value is -3.48. The number of nitrogens with zero attached hydrogens (tertiary/aromatic N) is 1. The number of hydrogen-bond acceptors (Lipinski definition) is 5. The molecule has 1 aliphatic carbocycles. The number of carbonyl (C=O) groups is 1. The maximum absolute atomic E-state index is 10.9. The number of pyridine rings is 3. The molecule has 0 fully saturated rings. The minimum atomic E-state index is -0.132. The Bertz CT molecular complexity index is 1080. The van der Waals surface area contributed by atoms with Gasteiger partial charge in [-0.25, -0.2) is 4.98 Å². The molecule has 0 aromatic carbocycles. The smallest absolute Gasteiger partial charge is 0.248 e. The summed E-state index contributed by atoms with van der Waals surface area (Å²) in [6.45, 7) is 0. The largest absolute Gasteiger partial charge is 0.481 e. The number of aromatic amines is 2. The van der Waals surface area contributed by atoms with Crippen LogP contribution in [0.3, 0.4) is 0 Å². The van der Waals surface area contributed by atoms with Crippen molar-refractivity contribution in [3.63, 3.8) is 0 Å². The van der Waals surface area contributed by atoms with Gasteiger partial charge >= 0.3 is 0 Å². The first-order valence-corrected chi connectivity index (χ1v) is 7.52. The molecule has 0 aliphatic heterocycles. The third-order valence-electron chi connectivity index (χ3n) is 3.60. The van der Waals surface area contributed by atoms with E-state index >= 15 is 0 Å². The van der Waals surface area contributed by atoms with Crippen LogP contribution < -0.4 is 15.9 Å². The summed E-state index contributed by atoms with van der Waals surface area (Å²) in [5, 5.41) is 0. The van der Waals surface area contributed by atoms with E-state index in [1.165, 1.54) is 18.2 Å². The summed E-state index contributed by atoms with van der Waals surface area (Å²) < 4.78 is 4.95. The van der Waals surface area contributed by atoms with E-state index in [0.29, 0.717) is 17.8 Å². The second-order valence-electron chi connectivity index (χ2n) is 5.35. The predicted octanol–water partition coefficient (Wildman–Crippen LogP) is 1.44. The molecule has 1 aliphatic rings. The quantitative estimate of drug-likeness (QED) is 0.699. The molecule has 126 valence electrons. The zero-order chi connectivity index (χ0) is 17.8. The molecule has 0 saturated heterocycles. The first-order valence-electron chi connectivity index (χ1n) is 7.52. The van der Waals surface area contributed by atoms with Crippen LogP contribution in [0, 0.1) is 0 Å². The lowest BCUT2D eigenvalue weighted by atomic mass is 10.0. The van der Waals surface area contributed by atoms with Crippen molar-refractivity contribution in [3.8, 4) is 5.88 Å². The Morgan fingerprint density at radius 1 is 0.920 bits per heavy atom. The Morgan fingerprint density at radius 2 is 1.68 bits per heavy atom. The van der Waals surface area contributed by atoms with Gasteiger partial charge in [0.05, 0.1) is 18.1 Å². The minimum Gasteiger partial charge on any atom is -0.481 e. The number of nitrogens with one attached hydrogen (secondary N) is 2.